The quantitative estimate of drug-likeness (QED) is 0.125. The van der Waals surface area contributed by atoms with Crippen LogP contribution in [0.25, 0.3) is 32.9 Å². The van der Waals surface area contributed by atoms with E-state index in [4.69, 9.17) is 0 Å². The van der Waals surface area contributed by atoms with E-state index >= 15 is 0 Å². The SMILES string of the molecule is CC(C)c1cc(C(C)C)c(-c2cc(N3C=CN(C)[CH-]3)[c-]c(N3C=CN(C)[CH-]3)c2)c(C(C)C)c1.FC(F)(F)c1ccc2[n-]c3ccc(C(F)(F)F)cc3c2c1.[Pt+4]. The predicted octanol–water partition coefficient (Wildman–Crippen LogP) is 12.2. The Labute approximate surface area is 333 Å². The van der Waals surface area contributed by atoms with Gasteiger partial charge in [-0.15, -0.1) is 46.2 Å². The van der Waals surface area contributed by atoms with E-state index in [1.165, 1.54) is 27.8 Å². The topological polar surface area (TPSA) is 27.1 Å². The molecule has 1 aromatic heterocycles. The van der Waals surface area contributed by atoms with E-state index in [0.717, 1.165) is 47.8 Å². The molecule has 7 rings (SSSR count). The molecule has 0 N–H and O–H groups in total. The molecule has 0 saturated heterocycles. The standard InChI is InChI=1S/C29H37N4.C14H6F6N.Pt/c1-20(2)23-15-27(21(3)4)29(28(16-23)22(5)6)24-13-25(32-11-9-30(7)18-32)17-26(14-24)33-12-10-31(8)19-33;15-13(16,17)7-1-3-11-9(5-7)10-6-8(14(18,19)20)2-4-12(10)21-11;/h9-16,18-22H,1-8H3;1-6H;/q-3;-1;+4. The van der Waals surface area contributed by atoms with E-state index < -0.39 is 23.5 Å². The number of alkyl halides is 6. The maximum absolute atomic E-state index is 12.7. The largest absolute Gasteiger partial charge is 4.00 e. The molecule has 0 amide bonds. The second-order valence-electron chi connectivity index (χ2n) is 14.7. The molecule has 5 nitrogen and oxygen atoms in total. The molecule has 0 saturated carbocycles. The first-order chi connectivity index (χ1) is 25.3. The van der Waals surface area contributed by atoms with Crippen LogP contribution in [0.1, 0.15) is 87.1 Å². The van der Waals surface area contributed by atoms with Gasteiger partial charge in [-0.05, 0) is 102 Å². The van der Waals surface area contributed by atoms with Gasteiger partial charge in [-0.3, -0.25) is 0 Å². The Morgan fingerprint density at radius 3 is 1.33 bits per heavy atom. The van der Waals surface area contributed by atoms with Crippen molar-refractivity contribution < 1.29 is 47.4 Å². The van der Waals surface area contributed by atoms with E-state index in [2.05, 4.69) is 135 Å². The van der Waals surface area contributed by atoms with Crippen LogP contribution in [0.5, 0.6) is 0 Å². The molecule has 0 radical (unpaired) electrons. The third-order valence-corrected chi connectivity index (χ3v) is 9.53. The van der Waals surface area contributed by atoms with Gasteiger partial charge in [0.1, 0.15) is 0 Å². The molecular formula is C43H43F6N5Pt. The maximum Gasteiger partial charge on any atom is 4.00 e. The van der Waals surface area contributed by atoms with Gasteiger partial charge in [-0.25, -0.2) is 0 Å². The fourth-order valence-corrected chi connectivity index (χ4v) is 6.62. The Hall–Kier alpha value is -4.37. The van der Waals surface area contributed by atoms with Crippen LogP contribution >= 0.6 is 0 Å². The number of hydrogen-bond donors (Lipinski definition) is 0. The Kier molecular flexibility index (Phi) is 12.2. The summed E-state index contributed by atoms with van der Waals surface area (Å²) in [6.45, 7) is 18.0. The first kappa shape index (κ1) is 41.8. The first-order valence-electron chi connectivity index (χ1n) is 17.8. The second kappa shape index (κ2) is 16.0. The summed E-state index contributed by atoms with van der Waals surface area (Å²) in [5.74, 6) is 1.37. The molecule has 2 aliphatic rings. The molecule has 12 heteroatoms. The average Bonchev–Trinajstić information content (AvgIpc) is 3.84. The molecule has 292 valence electrons. The molecule has 5 aromatic rings. The molecule has 0 spiro atoms. The number of halogens is 6. The fourth-order valence-electron chi connectivity index (χ4n) is 6.62. The van der Waals surface area contributed by atoms with Crippen molar-refractivity contribution in [2.75, 3.05) is 23.9 Å². The summed E-state index contributed by atoms with van der Waals surface area (Å²) in [6.07, 6.45) is -0.815. The summed E-state index contributed by atoms with van der Waals surface area (Å²) in [7, 11) is 4.09. The second-order valence-corrected chi connectivity index (χ2v) is 14.7. The molecule has 55 heavy (non-hydrogen) atoms. The number of nitrogens with zero attached hydrogens (tertiary/aromatic N) is 5. The predicted molar refractivity (Wildman–Crippen MR) is 205 cm³/mol. The smallest absolute Gasteiger partial charge is 0.657 e. The van der Waals surface area contributed by atoms with Gasteiger partial charge in [-0.1, -0.05) is 77.9 Å². The van der Waals surface area contributed by atoms with Crippen LogP contribution in [-0.2, 0) is 33.4 Å². The third-order valence-electron chi connectivity index (χ3n) is 9.53. The zero-order valence-corrected chi connectivity index (χ0v) is 34.1. The summed E-state index contributed by atoms with van der Waals surface area (Å²) in [5.41, 5.74) is 7.59. The summed E-state index contributed by atoms with van der Waals surface area (Å²) < 4.78 is 76.1. The molecule has 0 bridgehead atoms. The van der Waals surface area contributed by atoms with Crippen molar-refractivity contribution in [2.45, 2.75) is 71.6 Å². The summed E-state index contributed by atoms with van der Waals surface area (Å²) in [5, 5.41) is 0.122. The van der Waals surface area contributed by atoms with Gasteiger partial charge in [0.2, 0.25) is 0 Å². The minimum Gasteiger partial charge on any atom is -0.657 e. The molecule has 0 unspecified atom stereocenters. The van der Waals surface area contributed by atoms with Crippen LogP contribution < -0.4 is 14.8 Å². The summed E-state index contributed by atoms with van der Waals surface area (Å²) >= 11 is 0. The first-order valence-corrected chi connectivity index (χ1v) is 17.8. The van der Waals surface area contributed by atoms with Gasteiger partial charge in [-0.2, -0.15) is 39.7 Å². The molecule has 0 aliphatic carbocycles. The van der Waals surface area contributed by atoms with Crippen LogP contribution in [0, 0.1) is 19.4 Å². The number of rotatable bonds is 6. The van der Waals surface area contributed by atoms with Gasteiger partial charge in [0.15, 0.2) is 0 Å². The molecule has 0 atom stereocenters. The van der Waals surface area contributed by atoms with Crippen molar-refractivity contribution in [3.05, 3.63) is 133 Å². The minimum absolute atomic E-state index is 0. The Morgan fingerprint density at radius 2 is 1.00 bits per heavy atom. The molecule has 0 fully saturated rings. The third kappa shape index (κ3) is 9.03. The fraction of sp³-hybridized carbons (Fsp3) is 0.302. The van der Waals surface area contributed by atoms with Crippen molar-refractivity contribution in [3.8, 4) is 11.1 Å². The summed E-state index contributed by atoms with van der Waals surface area (Å²) in [6, 6.07) is 18.8. The number of anilines is 2. The van der Waals surface area contributed by atoms with Gasteiger partial charge in [0, 0.05) is 0 Å². The van der Waals surface area contributed by atoms with Crippen LogP contribution in [0.15, 0.2) is 85.5 Å². The van der Waals surface area contributed by atoms with Crippen LogP contribution in [0.4, 0.5) is 37.7 Å². The van der Waals surface area contributed by atoms with E-state index in [1.807, 2.05) is 14.1 Å². The van der Waals surface area contributed by atoms with E-state index in [0.29, 0.717) is 17.8 Å². The number of fused-ring (bicyclic) bond motifs is 3. The Bertz CT molecular complexity index is 2070. The zero-order chi connectivity index (χ0) is 39.3. The van der Waals surface area contributed by atoms with Gasteiger partial charge >= 0.3 is 33.4 Å². The monoisotopic (exact) mass is 938 g/mol. The average molecular weight is 939 g/mol. The van der Waals surface area contributed by atoms with Crippen molar-refractivity contribution in [1.82, 2.24) is 14.8 Å². The van der Waals surface area contributed by atoms with Gasteiger partial charge in [0.05, 0.1) is 11.1 Å². The molecular weight excluding hydrogens is 896 g/mol. The Morgan fingerprint density at radius 1 is 0.582 bits per heavy atom. The van der Waals surface area contributed by atoms with Crippen molar-refractivity contribution >= 4 is 33.2 Å². The Balaban J connectivity index is 0.000000227. The van der Waals surface area contributed by atoms with E-state index in [-0.39, 0.29) is 42.9 Å². The zero-order valence-electron chi connectivity index (χ0n) is 31.8. The number of aromatic nitrogens is 1. The van der Waals surface area contributed by atoms with Crippen molar-refractivity contribution in [2.24, 2.45) is 0 Å². The van der Waals surface area contributed by atoms with E-state index in [9.17, 15) is 26.3 Å². The van der Waals surface area contributed by atoms with Crippen LogP contribution in [-0.4, -0.2) is 23.9 Å². The number of hydrogen-bond acceptors (Lipinski definition) is 4. The van der Waals surface area contributed by atoms with Crippen LogP contribution in [0.3, 0.4) is 0 Å². The minimum atomic E-state index is -4.56. The van der Waals surface area contributed by atoms with Gasteiger partial charge < -0.3 is 24.6 Å². The van der Waals surface area contributed by atoms with Crippen molar-refractivity contribution in [3.63, 3.8) is 0 Å². The van der Waals surface area contributed by atoms with E-state index in [1.54, 1.807) is 0 Å². The van der Waals surface area contributed by atoms with Crippen molar-refractivity contribution in [1.29, 1.82) is 0 Å². The molecule has 2 aliphatic heterocycles. The normalized spacial score (nSPS) is 14.6. The maximum atomic E-state index is 12.7. The molecule has 3 heterocycles. The van der Waals surface area contributed by atoms with Gasteiger partial charge in [0.25, 0.3) is 0 Å². The van der Waals surface area contributed by atoms with Crippen LogP contribution in [0.2, 0.25) is 0 Å². The summed E-state index contributed by atoms with van der Waals surface area (Å²) in [4.78, 5) is 12.4. The molecule has 4 aromatic carbocycles. The number of benzene rings is 4.